The van der Waals surface area contributed by atoms with Crippen molar-refractivity contribution in [2.45, 2.75) is 56.7 Å². The summed E-state index contributed by atoms with van der Waals surface area (Å²) in [6, 6.07) is 12.4. The van der Waals surface area contributed by atoms with Gasteiger partial charge in [-0.2, -0.15) is 0 Å². The molecular weight excluding hydrogens is 328 g/mol. The first kappa shape index (κ1) is 17.2. The first-order valence-corrected chi connectivity index (χ1v) is 9.54. The quantitative estimate of drug-likeness (QED) is 0.829. The molecule has 0 radical (unpaired) electrons. The van der Waals surface area contributed by atoms with E-state index >= 15 is 0 Å². The summed E-state index contributed by atoms with van der Waals surface area (Å²) in [6.07, 6.45) is 7.34. The summed E-state index contributed by atoms with van der Waals surface area (Å²) < 4.78 is 10.9. The van der Waals surface area contributed by atoms with Crippen LogP contribution in [0.2, 0.25) is 0 Å². The van der Waals surface area contributed by atoms with E-state index in [1.54, 1.807) is 13.2 Å². The highest BCUT2D eigenvalue weighted by Gasteiger charge is 2.34. The predicted molar refractivity (Wildman–Crippen MR) is 100 cm³/mol. The molecule has 1 aromatic carbocycles. The van der Waals surface area contributed by atoms with Gasteiger partial charge in [0.05, 0.1) is 7.11 Å². The molecule has 0 unspecified atom stereocenters. The molecule has 2 aliphatic rings. The van der Waals surface area contributed by atoms with Gasteiger partial charge in [0.15, 0.2) is 5.76 Å². The van der Waals surface area contributed by atoms with E-state index in [1.807, 2.05) is 30.3 Å². The number of methoxy groups -OCH3 is 1. The van der Waals surface area contributed by atoms with Crippen LogP contribution < -0.4 is 15.4 Å². The number of rotatable bonds is 6. The zero-order chi connectivity index (χ0) is 17.9. The Balaban J connectivity index is 1.35. The summed E-state index contributed by atoms with van der Waals surface area (Å²) in [5.74, 6) is 1.71. The molecule has 2 N–H and O–H groups in total. The Morgan fingerprint density at radius 1 is 1.00 bits per heavy atom. The van der Waals surface area contributed by atoms with Crippen molar-refractivity contribution in [2.24, 2.45) is 0 Å². The smallest absolute Gasteiger partial charge is 0.287 e. The second-order valence-corrected chi connectivity index (χ2v) is 7.30. The van der Waals surface area contributed by atoms with Crippen LogP contribution in [0, 0.1) is 0 Å². The molecule has 0 aliphatic heterocycles. The summed E-state index contributed by atoms with van der Waals surface area (Å²) in [4.78, 5) is 12.5. The lowest BCUT2D eigenvalue weighted by atomic mass is 9.85. The largest absolute Gasteiger partial charge is 0.497 e. The maximum atomic E-state index is 12.5. The number of hydrogen-bond acceptors (Lipinski definition) is 4. The van der Waals surface area contributed by atoms with Crippen molar-refractivity contribution < 1.29 is 13.9 Å². The van der Waals surface area contributed by atoms with Gasteiger partial charge in [-0.15, -0.1) is 0 Å². The number of furan rings is 1. The van der Waals surface area contributed by atoms with Gasteiger partial charge in [-0.3, -0.25) is 4.79 Å². The molecule has 0 saturated heterocycles. The zero-order valence-electron chi connectivity index (χ0n) is 15.2. The molecule has 0 spiro atoms. The van der Waals surface area contributed by atoms with Crippen molar-refractivity contribution in [3.8, 4) is 17.1 Å². The van der Waals surface area contributed by atoms with Crippen molar-refractivity contribution in [3.63, 3.8) is 0 Å². The molecule has 2 aromatic rings. The van der Waals surface area contributed by atoms with E-state index in [1.165, 1.54) is 25.7 Å². The van der Waals surface area contributed by atoms with Gasteiger partial charge >= 0.3 is 0 Å². The third-order valence-corrected chi connectivity index (χ3v) is 5.60. The maximum Gasteiger partial charge on any atom is 0.287 e. The minimum Gasteiger partial charge on any atom is -0.497 e. The molecule has 138 valence electrons. The SMILES string of the molecule is COc1ccc(-c2ccc(C(=O)N[C@@H]3CC[C@@H]3NC3CCCC3)o2)cc1. The Morgan fingerprint density at radius 2 is 1.73 bits per heavy atom. The lowest BCUT2D eigenvalue weighted by Crippen LogP contribution is -2.58. The normalized spacial score (nSPS) is 22.8. The summed E-state index contributed by atoms with van der Waals surface area (Å²) >= 11 is 0. The Hall–Kier alpha value is -2.27. The lowest BCUT2D eigenvalue weighted by Gasteiger charge is -2.39. The van der Waals surface area contributed by atoms with Crippen LogP contribution in [-0.2, 0) is 0 Å². The highest BCUT2D eigenvalue weighted by atomic mass is 16.5. The molecular formula is C21H26N2O3. The number of carbonyl (C=O) groups excluding carboxylic acids is 1. The Labute approximate surface area is 154 Å². The van der Waals surface area contributed by atoms with Crippen LogP contribution in [0.1, 0.15) is 49.1 Å². The summed E-state index contributed by atoms with van der Waals surface area (Å²) in [6.45, 7) is 0. The van der Waals surface area contributed by atoms with E-state index in [0.717, 1.165) is 24.2 Å². The van der Waals surface area contributed by atoms with E-state index in [9.17, 15) is 4.79 Å². The highest BCUT2D eigenvalue weighted by molar-refractivity contribution is 5.92. The summed E-state index contributed by atoms with van der Waals surface area (Å²) in [5.41, 5.74) is 0.925. The zero-order valence-corrected chi connectivity index (χ0v) is 15.2. The second-order valence-electron chi connectivity index (χ2n) is 7.30. The van der Waals surface area contributed by atoms with Crippen LogP contribution in [0.5, 0.6) is 5.75 Å². The van der Waals surface area contributed by atoms with Crippen molar-refractivity contribution in [1.29, 1.82) is 0 Å². The number of ether oxygens (including phenoxy) is 1. The molecule has 1 aromatic heterocycles. The van der Waals surface area contributed by atoms with Crippen LogP contribution in [0.3, 0.4) is 0 Å². The fourth-order valence-corrected chi connectivity index (χ4v) is 3.88. The molecule has 2 aliphatic carbocycles. The van der Waals surface area contributed by atoms with Crippen LogP contribution in [0.15, 0.2) is 40.8 Å². The van der Waals surface area contributed by atoms with Crippen molar-refractivity contribution in [3.05, 3.63) is 42.2 Å². The first-order chi connectivity index (χ1) is 12.7. The number of nitrogens with one attached hydrogen (secondary N) is 2. The Kier molecular flexibility index (Phi) is 4.98. The number of amides is 1. The van der Waals surface area contributed by atoms with Gasteiger partial charge in [0, 0.05) is 23.7 Å². The average Bonchev–Trinajstić information content (AvgIpc) is 3.35. The molecule has 1 amide bonds. The average molecular weight is 354 g/mol. The molecule has 26 heavy (non-hydrogen) atoms. The van der Waals surface area contributed by atoms with Crippen molar-refractivity contribution >= 4 is 5.91 Å². The molecule has 4 rings (SSSR count). The van der Waals surface area contributed by atoms with Gasteiger partial charge in [-0.25, -0.2) is 0 Å². The molecule has 2 atom stereocenters. The molecule has 1 heterocycles. The van der Waals surface area contributed by atoms with E-state index in [4.69, 9.17) is 9.15 Å². The Morgan fingerprint density at radius 3 is 2.38 bits per heavy atom. The van der Waals surface area contributed by atoms with Gasteiger partial charge in [-0.05, 0) is 62.1 Å². The van der Waals surface area contributed by atoms with E-state index in [2.05, 4.69) is 10.6 Å². The van der Waals surface area contributed by atoms with Gasteiger partial charge in [0.1, 0.15) is 11.5 Å². The first-order valence-electron chi connectivity index (χ1n) is 9.54. The van der Waals surface area contributed by atoms with Crippen LogP contribution in [0.25, 0.3) is 11.3 Å². The summed E-state index contributed by atoms with van der Waals surface area (Å²) in [5, 5.41) is 6.83. The topological polar surface area (TPSA) is 63.5 Å². The van der Waals surface area contributed by atoms with E-state index < -0.39 is 0 Å². The fourth-order valence-electron chi connectivity index (χ4n) is 3.88. The van der Waals surface area contributed by atoms with Crippen LogP contribution in [-0.4, -0.2) is 31.1 Å². The van der Waals surface area contributed by atoms with E-state index in [0.29, 0.717) is 23.6 Å². The van der Waals surface area contributed by atoms with Gasteiger partial charge in [-0.1, -0.05) is 12.8 Å². The molecule has 5 nitrogen and oxygen atoms in total. The van der Waals surface area contributed by atoms with Crippen molar-refractivity contribution in [2.75, 3.05) is 7.11 Å². The van der Waals surface area contributed by atoms with Crippen LogP contribution in [0.4, 0.5) is 0 Å². The standard InChI is InChI=1S/C21H26N2O3/c1-25-16-8-6-14(7-9-16)19-12-13-20(26-19)21(24)23-18-11-10-17(18)22-15-4-2-3-5-15/h6-9,12-13,15,17-18,22H,2-5,10-11H2,1H3,(H,23,24)/t17-,18+/m0/s1. The van der Waals surface area contributed by atoms with Gasteiger partial charge in [0.2, 0.25) is 0 Å². The molecule has 2 fully saturated rings. The number of carbonyl (C=O) groups is 1. The Bertz CT molecular complexity index is 747. The second kappa shape index (κ2) is 7.54. The predicted octanol–water partition coefficient (Wildman–Crippen LogP) is 3.75. The minimum absolute atomic E-state index is 0.132. The third-order valence-electron chi connectivity index (χ3n) is 5.60. The third kappa shape index (κ3) is 3.63. The molecule has 2 saturated carbocycles. The van der Waals surface area contributed by atoms with Gasteiger partial charge < -0.3 is 19.8 Å². The number of hydrogen-bond donors (Lipinski definition) is 2. The molecule has 0 bridgehead atoms. The molecule has 5 heteroatoms. The van der Waals surface area contributed by atoms with Crippen molar-refractivity contribution in [1.82, 2.24) is 10.6 Å². The summed E-state index contributed by atoms with van der Waals surface area (Å²) in [7, 11) is 1.64. The lowest BCUT2D eigenvalue weighted by molar-refractivity contribution is 0.0862. The van der Waals surface area contributed by atoms with Crippen LogP contribution >= 0.6 is 0 Å². The fraction of sp³-hybridized carbons (Fsp3) is 0.476. The van der Waals surface area contributed by atoms with E-state index in [-0.39, 0.29) is 11.9 Å². The van der Waals surface area contributed by atoms with Gasteiger partial charge in [0.25, 0.3) is 5.91 Å². The highest BCUT2D eigenvalue weighted by Crippen LogP contribution is 2.27. The minimum atomic E-state index is -0.132. The monoisotopic (exact) mass is 354 g/mol. The number of benzene rings is 1. The maximum absolute atomic E-state index is 12.5.